The average Bonchev–Trinajstić information content (AvgIpc) is 2.81. The molecule has 0 radical (unpaired) electrons. The second-order valence-corrected chi connectivity index (χ2v) is 4.34. The van der Waals surface area contributed by atoms with E-state index in [0.29, 0.717) is 10.8 Å². The number of aromatic carboxylic acids is 1. The number of halogens is 1. The Labute approximate surface area is 113 Å². The van der Waals surface area contributed by atoms with Crippen LogP contribution in [0.3, 0.4) is 0 Å². The van der Waals surface area contributed by atoms with Crippen LogP contribution in [0, 0.1) is 0 Å². The van der Waals surface area contributed by atoms with Gasteiger partial charge in [-0.25, -0.2) is 14.3 Å². The van der Waals surface area contributed by atoms with Gasteiger partial charge in [0.2, 0.25) is 0 Å². The Balaban J connectivity index is 2.13. The molecular weight excluding hydrogens is 266 g/mol. The molecule has 0 aliphatic rings. The first-order valence-corrected chi connectivity index (χ1v) is 5.87. The van der Waals surface area contributed by atoms with E-state index in [2.05, 4.69) is 10.1 Å². The number of nitrogens with zero attached hydrogens (tertiary/aromatic N) is 3. The minimum Gasteiger partial charge on any atom is -0.478 e. The molecule has 2 aromatic heterocycles. The van der Waals surface area contributed by atoms with Crippen LogP contribution in [-0.2, 0) is 0 Å². The van der Waals surface area contributed by atoms with Crippen LogP contribution in [0.2, 0.25) is 5.15 Å². The van der Waals surface area contributed by atoms with Crippen molar-refractivity contribution >= 4 is 23.2 Å². The first-order valence-electron chi connectivity index (χ1n) is 5.49. The summed E-state index contributed by atoms with van der Waals surface area (Å²) in [7, 11) is 0. The lowest BCUT2D eigenvalue weighted by Crippen LogP contribution is -1.97. The molecule has 0 bridgehead atoms. The summed E-state index contributed by atoms with van der Waals surface area (Å²) in [5, 5.41) is 13.4. The van der Waals surface area contributed by atoms with Crippen molar-refractivity contribution in [2.24, 2.45) is 0 Å². The molecule has 5 nitrogen and oxygen atoms in total. The van der Waals surface area contributed by atoms with E-state index >= 15 is 0 Å². The van der Waals surface area contributed by atoms with Gasteiger partial charge >= 0.3 is 5.97 Å². The van der Waals surface area contributed by atoms with Crippen LogP contribution in [0.4, 0.5) is 0 Å². The van der Waals surface area contributed by atoms with Crippen LogP contribution in [0.1, 0.15) is 10.4 Å². The molecule has 2 heterocycles. The van der Waals surface area contributed by atoms with Crippen molar-refractivity contribution < 1.29 is 9.90 Å². The number of aromatic nitrogens is 3. The summed E-state index contributed by atoms with van der Waals surface area (Å²) >= 11 is 5.86. The lowest BCUT2D eigenvalue weighted by atomic mass is 10.1. The van der Waals surface area contributed by atoms with E-state index < -0.39 is 5.97 Å². The molecule has 0 aliphatic carbocycles. The zero-order valence-corrected chi connectivity index (χ0v) is 10.4. The lowest BCUT2D eigenvalue weighted by Gasteiger charge is -2.02. The highest BCUT2D eigenvalue weighted by molar-refractivity contribution is 6.29. The molecule has 94 valence electrons. The Morgan fingerprint density at radius 3 is 2.58 bits per heavy atom. The second kappa shape index (κ2) is 4.37. The monoisotopic (exact) mass is 273 g/mol. The van der Waals surface area contributed by atoms with Crippen LogP contribution < -0.4 is 0 Å². The Morgan fingerprint density at radius 2 is 1.89 bits per heavy atom. The number of carboxylic acids is 1. The SMILES string of the molecule is O=C(O)c1ccc(-c2cnc3ccc(Cl)nn23)cc1. The van der Waals surface area contributed by atoms with Crippen LogP contribution in [0.25, 0.3) is 16.9 Å². The molecule has 0 atom stereocenters. The Kier molecular flexibility index (Phi) is 2.68. The molecule has 0 saturated carbocycles. The van der Waals surface area contributed by atoms with Gasteiger partial charge in [0.1, 0.15) is 5.15 Å². The maximum absolute atomic E-state index is 10.8. The largest absolute Gasteiger partial charge is 0.478 e. The van der Waals surface area contributed by atoms with Crippen molar-refractivity contribution in [3.63, 3.8) is 0 Å². The molecule has 0 saturated heterocycles. The molecule has 0 fully saturated rings. The van der Waals surface area contributed by atoms with Gasteiger partial charge in [-0.3, -0.25) is 0 Å². The lowest BCUT2D eigenvalue weighted by molar-refractivity contribution is 0.0697. The summed E-state index contributed by atoms with van der Waals surface area (Å²) in [6.45, 7) is 0. The van der Waals surface area contributed by atoms with E-state index in [-0.39, 0.29) is 5.56 Å². The van der Waals surface area contributed by atoms with E-state index in [1.165, 1.54) is 0 Å². The number of benzene rings is 1. The molecule has 6 heteroatoms. The number of imidazole rings is 1. The number of rotatable bonds is 2. The normalized spacial score (nSPS) is 10.8. The van der Waals surface area contributed by atoms with Gasteiger partial charge in [0.05, 0.1) is 17.5 Å². The second-order valence-electron chi connectivity index (χ2n) is 3.95. The van der Waals surface area contributed by atoms with Crippen LogP contribution >= 0.6 is 11.6 Å². The predicted octanol–water partition coefficient (Wildman–Crippen LogP) is 2.75. The third-order valence-electron chi connectivity index (χ3n) is 2.76. The number of fused-ring (bicyclic) bond motifs is 1. The molecule has 0 spiro atoms. The highest BCUT2D eigenvalue weighted by Gasteiger charge is 2.09. The number of hydrogen-bond donors (Lipinski definition) is 1. The summed E-state index contributed by atoms with van der Waals surface area (Å²) in [5.74, 6) is -0.953. The first-order chi connectivity index (χ1) is 9.15. The molecule has 1 N–H and O–H groups in total. The molecule has 3 rings (SSSR count). The molecule has 0 amide bonds. The highest BCUT2D eigenvalue weighted by Crippen LogP contribution is 2.21. The van der Waals surface area contributed by atoms with Gasteiger partial charge in [0.25, 0.3) is 0 Å². The van der Waals surface area contributed by atoms with Crippen molar-refractivity contribution in [1.82, 2.24) is 14.6 Å². The van der Waals surface area contributed by atoms with Crippen LogP contribution in [0.5, 0.6) is 0 Å². The fourth-order valence-corrected chi connectivity index (χ4v) is 1.97. The number of carboxylic acid groups (broad SMARTS) is 1. The van der Waals surface area contributed by atoms with Crippen molar-refractivity contribution in [3.05, 3.63) is 53.3 Å². The molecular formula is C13H8ClN3O2. The molecule has 1 aromatic carbocycles. The van der Waals surface area contributed by atoms with Gasteiger partial charge in [-0.1, -0.05) is 23.7 Å². The minimum atomic E-state index is -0.953. The Morgan fingerprint density at radius 1 is 1.16 bits per heavy atom. The first kappa shape index (κ1) is 11.7. The van der Waals surface area contributed by atoms with Crippen molar-refractivity contribution in [3.8, 4) is 11.3 Å². The van der Waals surface area contributed by atoms with Gasteiger partial charge in [-0.05, 0) is 24.3 Å². The maximum Gasteiger partial charge on any atom is 0.335 e. The molecule has 0 aliphatic heterocycles. The Hall–Kier alpha value is -2.40. The smallest absolute Gasteiger partial charge is 0.335 e. The van der Waals surface area contributed by atoms with Crippen LogP contribution in [-0.4, -0.2) is 25.7 Å². The Bertz CT molecular complexity index is 765. The quantitative estimate of drug-likeness (QED) is 0.779. The highest BCUT2D eigenvalue weighted by atomic mass is 35.5. The van der Waals surface area contributed by atoms with Gasteiger partial charge in [0, 0.05) is 5.56 Å². The van der Waals surface area contributed by atoms with E-state index in [0.717, 1.165) is 11.3 Å². The average molecular weight is 274 g/mol. The standard InChI is InChI=1S/C13H8ClN3O2/c14-11-5-6-12-15-7-10(17(12)16-11)8-1-3-9(4-2-8)13(18)19/h1-7H,(H,18,19). The van der Waals surface area contributed by atoms with Gasteiger partial charge in [0.15, 0.2) is 5.65 Å². The van der Waals surface area contributed by atoms with E-state index in [1.54, 1.807) is 47.1 Å². The fraction of sp³-hybridized carbons (Fsp3) is 0. The van der Waals surface area contributed by atoms with Gasteiger partial charge in [-0.15, -0.1) is 0 Å². The fourth-order valence-electron chi connectivity index (χ4n) is 1.83. The third kappa shape index (κ3) is 2.04. The topological polar surface area (TPSA) is 67.5 Å². The number of carbonyl (C=O) groups is 1. The molecule has 3 aromatic rings. The zero-order valence-electron chi connectivity index (χ0n) is 9.62. The predicted molar refractivity (Wildman–Crippen MR) is 70.4 cm³/mol. The minimum absolute atomic E-state index is 0.239. The number of hydrogen-bond acceptors (Lipinski definition) is 3. The van der Waals surface area contributed by atoms with Crippen molar-refractivity contribution in [2.45, 2.75) is 0 Å². The summed E-state index contributed by atoms with van der Waals surface area (Å²) in [5.41, 5.74) is 2.51. The van der Waals surface area contributed by atoms with E-state index in [1.807, 2.05) is 0 Å². The van der Waals surface area contributed by atoms with Crippen molar-refractivity contribution in [2.75, 3.05) is 0 Å². The third-order valence-corrected chi connectivity index (χ3v) is 2.96. The zero-order chi connectivity index (χ0) is 13.4. The summed E-state index contributed by atoms with van der Waals surface area (Å²) in [6, 6.07) is 9.96. The van der Waals surface area contributed by atoms with Gasteiger partial charge < -0.3 is 5.11 Å². The summed E-state index contributed by atoms with van der Waals surface area (Å²) in [4.78, 5) is 15.0. The summed E-state index contributed by atoms with van der Waals surface area (Å²) < 4.78 is 1.62. The van der Waals surface area contributed by atoms with Crippen molar-refractivity contribution in [1.29, 1.82) is 0 Å². The van der Waals surface area contributed by atoms with Gasteiger partial charge in [-0.2, -0.15) is 5.10 Å². The molecule has 0 unspecified atom stereocenters. The van der Waals surface area contributed by atoms with Crippen LogP contribution in [0.15, 0.2) is 42.6 Å². The van der Waals surface area contributed by atoms with E-state index in [9.17, 15) is 4.79 Å². The molecule has 19 heavy (non-hydrogen) atoms. The summed E-state index contributed by atoms with van der Waals surface area (Å²) in [6.07, 6.45) is 1.68. The maximum atomic E-state index is 10.8. The van der Waals surface area contributed by atoms with E-state index in [4.69, 9.17) is 16.7 Å².